The van der Waals surface area contributed by atoms with E-state index in [0.717, 1.165) is 5.56 Å². The van der Waals surface area contributed by atoms with Crippen LogP contribution in [0.1, 0.15) is 16.7 Å². The van der Waals surface area contributed by atoms with Crippen LogP contribution in [-0.2, 0) is 14.3 Å². The van der Waals surface area contributed by atoms with E-state index in [-0.39, 0.29) is 0 Å². The molecule has 1 aliphatic heterocycles. The van der Waals surface area contributed by atoms with Gasteiger partial charge in [0.25, 0.3) is 12.1 Å². The van der Waals surface area contributed by atoms with E-state index in [4.69, 9.17) is 27.9 Å². The van der Waals surface area contributed by atoms with E-state index >= 15 is 0 Å². The second-order valence-electron chi connectivity index (χ2n) is 7.05. The van der Waals surface area contributed by atoms with Crippen molar-refractivity contribution in [2.45, 2.75) is 6.23 Å². The van der Waals surface area contributed by atoms with Crippen molar-refractivity contribution in [2.24, 2.45) is 4.99 Å². The number of benzodiazepines with no additional fused rings is 1. The van der Waals surface area contributed by atoms with E-state index in [0.29, 0.717) is 32.6 Å². The van der Waals surface area contributed by atoms with E-state index in [1.165, 1.54) is 11.0 Å². The molecule has 3 aromatic carbocycles. The number of carbonyl (C=O) groups is 2. The van der Waals surface area contributed by atoms with Crippen molar-refractivity contribution in [3.63, 3.8) is 0 Å². The summed E-state index contributed by atoms with van der Waals surface area (Å²) < 4.78 is 5.45. The predicted molar refractivity (Wildman–Crippen MR) is 127 cm³/mol. The molecule has 0 radical (unpaired) electrons. The Bertz CT molecular complexity index is 1240. The Labute approximate surface area is 195 Å². The van der Waals surface area contributed by atoms with Crippen molar-refractivity contribution in [2.75, 3.05) is 11.9 Å². The zero-order chi connectivity index (χ0) is 22.7. The quantitative estimate of drug-likeness (QED) is 0.384. The number of hydrogen-bond acceptors (Lipinski definition) is 4. The van der Waals surface area contributed by atoms with Crippen molar-refractivity contribution in [1.29, 1.82) is 0 Å². The van der Waals surface area contributed by atoms with Crippen LogP contribution in [0, 0.1) is 0 Å². The number of aliphatic imine (C=N–C) groups is 1. The molecule has 0 saturated heterocycles. The molecule has 1 amide bonds. The van der Waals surface area contributed by atoms with Gasteiger partial charge in [-0.05, 0) is 35.9 Å². The van der Waals surface area contributed by atoms with Crippen LogP contribution in [-0.4, -0.2) is 30.9 Å². The average Bonchev–Trinajstić information content (AvgIpc) is 2.89. The number of amides is 1. The number of likely N-dealkylation sites (N-methyl/N-ethyl adjacent to an activating group) is 1. The Kier molecular flexibility index (Phi) is 6.40. The van der Waals surface area contributed by atoms with Gasteiger partial charge in [-0.25, -0.2) is 9.79 Å². The molecule has 0 N–H and O–H groups in total. The van der Waals surface area contributed by atoms with Gasteiger partial charge in [-0.1, -0.05) is 71.7 Å². The standard InChI is InChI=1S/C25H18Cl2N2O3/c1-29-21-13-12-17(26)15-19(21)23(18-9-5-6-10-20(18)27)28-24(25(29)31)32-22(30)14-11-16-7-3-2-4-8-16/h2-15,24H,1H3/b14-11+. The Morgan fingerprint density at radius 1 is 1.00 bits per heavy atom. The maximum Gasteiger partial charge on any atom is 0.333 e. The fourth-order valence-electron chi connectivity index (χ4n) is 3.34. The number of carbonyl (C=O) groups excluding carboxylic acids is 2. The summed E-state index contributed by atoms with van der Waals surface area (Å²) >= 11 is 12.7. The van der Waals surface area contributed by atoms with Crippen LogP contribution in [0.3, 0.4) is 0 Å². The third-order valence-corrected chi connectivity index (χ3v) is 5.50. The summed E-state index contributed by atoms with van der Waals surface area (Å²) in [4.78, 5) is 31.5. The largest absolute Gasteiger partial charge is 0.427 e. The van der Waals surface area contributed by atoms with Crippen LogP contribution < -0.4 is 4.90 Å². The van der Waals surface area contributed by atoms with Crippen LogP contribution in [0.25, 0.3) is 6.08 Å². The molecule has 0 saturated carbocycles. The monoisotopic (exact) mass is 464 g/mol. The average molecular weight is 465 g/mol. The lowest BCUT2D eigenvalue weighted by Gasteiger charge is -2.20. The fraction of sp³-hybridized carbons (Fsp3) is 0.0800. The summed E-state index contributed by atoms with van der Waals surface area (Å²) in [6.07, 6.45) is 1.49. The maximum atomic E-state index is 13.1. The van der Waals surface area contributed by atoms with Gasteiger partial charge in [0.15, 0.2) is 0 Å². The summed E-state index contributed by atoms with van der Waals surface area (Å²) in [6.45, 7) is 0. The molecule has 0 aliphatic carbocycles. The van der Waals surface area contributed by atoms with Crippen molar-refractivity contribution in [3.8, 4) is 0 Å². The molecule has 32 heavy (non-hydrogen) atoms. The zero-order valence-corrected chi connectivity index (χ0v) is 18.5. The molecule has 7 heteroatoms. The highest BCUT2D eigenvalue weighted by Crippen LogP contribution is 2.32. The highest BCUT2D eigenvalue weighted by atomic mass is 35.5. The Morgan fingerprint density at radius 3 is 2.47 bits per heavy atom. The van der Waals surface area contributed by atoms with E-state index in [9.17, 15) is 9.59 Å². The molecule has 1 aliphatic rings. The molecule has 1 heterocycles. The van der Waals surface area contributed by atoms with Gasteiger partial charge in [0.1, 0.15) is 0 Å². The Morgan fingerprint density at radius 2 is 1.72 bits per heavy atom. The smallest absolute Gasteiger partial charge is 0.333 e. The summed E-state index contributed by atoms with van der Waals surface area (Å²) in [5, 5.41) is 0.925. The highest BCUT2D eigenvalue weighted by molar-refractivity contribution is 6.37. The van der Waals surface area contributed by atoms with Crippen LogP contribution in [0.15, 0.2) is 83.9 Å². The SMILES string of the molecule is CN1C(=O)C(OC(=O)/C=C/c2ccccc2)N=C(c2ccccc2Cl)c2cc(Cl)ccc21. The van der Waals surface area contributed by atoms with Crippen molar-refractivity contribution in [1.82, 2.24) is 0 Å². The summed E-state index contributed by atoms with van der Waals surface area (Å²) in [5.74, 6) is -1.18. The fourth-order valence-corrected chi connectivity index (χ4v) is 3.74. The molecule has 0 fully saturated rings. The van der Waals surface area contributed by atoms with Gasteiger partial charge in [0.05, 0.1) is 11.4 Å². The van der Waals surface area contributed by atoms with Crippen molar-refractivity contribution >= 4 is 52.6 Å². The predicted octanol–water partition coefficient (Wildman–Crippen LogP) is 5.39. The minimum atomic E-state index is -1.38. The third-order valence-electron chi connectivity index (χ3n) is 4.93. The molecule has 0 aromatic heterocycles. The number of halogens is 2. The van der Waals surface area contributed by atoms with Gasteiger partial charge in [-0.2, -0.15) is 0 Å². The molecule has 3 aromatic rings. The first-order valence-corrected chi connectivity index (χ1v) is 10.5. The summed E-state index contributed by atoms with van der Waals surface area (Å²) in [7, 11) is 1.60. The van der Waals surface area contributed by atoms with Crippen LogP contribution >= 0.6 is 23.2 Å². The lowest BCUT2D eigenvalue weighted by atomic mass is 10.0. The minimum Gasteiger partial charge on any atom is -0.427 e. The number of nitrogens with zero attached hydrogens (tertiary/aromatic N) is 2. The topological polar surface area (TPSA) is 59.0 Å². The number of esters is 1. The van der Waals surface area contributed by atoms with Gasteiger partial charge in [0.2, 0.25) is 0 Å². The first-order chi connectivity index (χ1) is 15.4. The Balaban J connectivity index is 1.74. The van der Waals surface area contributed by atoms with E-state index < -0.39 is 18.1 Å². The number of fused-ring (bicyclic) bond motifs is 1. The van der Waals surface area contributed by atoms with Gasteiger partial charge in [0, 0.05) is 34.3 Å². The van der Waals surface area contributed by atoms with Gasteiger partial charge in [-0.15, -0.1) is 0 Å². The normalized spacial score (nSPS) is 15.8. The lowest BCUT2D eigenvalue weighted by molar-refractivity contribution is -0.149. The summed E-state index contributed by atoms with van der Waals surface area (Å²) in [5.41, 5.74) is 3.03. The second-order valence-corrected chi connectivity index (χ2v) is 7.89. The highest BCUT2D eigenvalue weighted by Gasteiger charge is 2.32. The number of ether oxygens (including phenoxy) is 1. The van der Waals surface area contributed by atoms with Gasteiger partial charge in [-0.3, -0.25) is 4.79 Å². The molecule has 1 unspecified atom stereocenters. The van der Waals surface area contributed by atoms with Crippen LogP contribution in [0.2, 0.25) is 10.0 Å². The molecule has 5 nitrogen and oxygen atoms in total. The minimum absolute atomic E-state index is 0.413. The van der Waals surface area contributed by atoms with Gasteiger partial charge < -0.3 is 9.64 Å². The first-order valence-electron chi connectivity index (χ1n) is 9.78. The molecular weight excluding hydrogens is 447 g/mol. The van der Waals surface area contributed by atoms with Crippen LogP contribution in [0.4, 0.5) is 5.69 Å². The van der Waals surface area contributed by atoms with Crippen LogP contribution in [0.5, 0.6) is 0 Å². The van der Waals surface area contributed by atoms with E-state index in [1.807, 2.05) is 36.4 Å². The third kappa shape index (κ3) is 4.59. The van der Waals surface area contributed by atoms with Gasteiger partial charge >= 0.3 is 5.97 Å². The maximum absolute atomic E-state index is 13.1. The second kappa shape index (κ2) is 9.39. The molecule has 4 rings (SSSR count). The molecule has 0 spiro atoms. The van der Waals surface area contributed by atoms with Crippen molar-refractivity contribution < 1.29 is 14.3 Å². The number of rotatable bonds is 4. The number of anilines is 1. The summed E-state index contributed by atoms with van der Waals surface area (Å²) in [6, 6.07) is 21.5. The number of hydrogen-bond donors (Lipinski definition) is 0. The number of benzene rings is 3. The Hall–Kier alpha value is -3.41. The first kappa shape index (κ1) is 21.8. The molecule has 1 atom stereocenters. The van der Waals surface area contributed by atoms with E-state index in [1.54, 1.807) is 49.5 Å². The molecule has 160 valence electrons. The van der Waals surface area contributed by atoms with E-state index in [2.05, 4.69) is 4.99 Å². The molecule has 0 bridgehead atoms. The zero-order valence-electron chi connectivity index (χ0n) is 17.0. The molecular formula is C25H18Cl2N2O3. The lowest BCUT2D eigenvalue weighted by Crippen LogP contribution is -2.37. The van der Waals surface area contributed by atoms with Crippen molar-refractivity contribution in [3.05, 3.63) is 106 Å².